The molecule has 4 aromatic rings. The number of fused-ring (bicyclic) bond motifs is 8. The molecule has 0 N–H and O–H groups in total. The maximum absolute atomic E-state index is 2.52. The minimum atomic E-state index is 0.0887. The van der Waals surface area contributed by atoms with Crippen LogP contribution in [0.15, 0.2) is 91.1 Å². The van der Waals surface area contributed by atoms with Crippen molar-refractivity contribution in [2.45, 2.75) is 6.92 Å². The van der Waals surface area contributed by atoms with Crippen LogP contribution in [0.1, 0.15) is 5.56 Å². The largest absolute Gasteiger partial charge is 0.543 e. The van der Waals surface area contributed by atoms with Gasteiger partial charge >= 0.3 is 6.98 Å². The summed E-state index contributed by atoms with van der Waals surface area (Å²) in [6, 6.07) is 30.6. The van der Waals surface area contributed by atoms with Gasteiger partial charge in [0, 0.05) is 11.2 Å². The molecule has 4 heteroatoms. The zero-order valence-electron chi connectivity index (χ0n) is 16.6. The molecular formula is C25H21BN3+. The summed E-state index contributed by atoms with van der Waals surface area (Å²) in [5.41, 5.74) is 8.98. The topological polar surface area (TPSA) is 10.4 Å². The summed E-state index contributed by atoms with van der Waals surface area (Å²) in [5.74, 6) is 1.24. The third kappa shape index (κ3) is 2.17. The molecule has 2 aliphatic heterocycles. The van der Waals surface area contributed by atoms with Gasteiger partial charge in [0.1, 0.15) is 5.69 Å². The fraction of sp³-hybridized carbons (Fsp3) is 0.0800. The Balaban J connectivity index is 1.74. The Bertz CT molecular complexity index is 1250. The van der Waals surface area contributed by atoms with Gasteiger partial charge in [-0.15, -0.1) is 0 Å². The Kier molecular flexibility index (Phi) is 3.39. The molecule has 0 amide bonds. The van der Waals surface area contributed by atoms with E-state index in [1.807, 2.05) is 0 Å². The van der Waals surface area contributed by atoms with Gasteiger partial charge in [-0.25, -0.2) is 4.57 Å². The van der Waals surface area contributed by atoms with E-state index in [0.29, 0.717) is 0 Å². The Morgan fingerprint density at radius 1 is 0.724 bits per heavy atom. The predicted molar refractivity (Wildman–Crippen MR) is 120 cm³/mol. The van der Waals surface area contributed by atoms with Crippen molar-refractivity contribution in [3.05, 3.63) is 96.7 Å². The lowest BCUT2D eigenvalue weighted by Crippen LogP contribution is -2.58. The van der Waals surface area contributed by atoms with Gasteiger partial charge in [-0.2, -0.15) is 0 Å². The van der Waals surface area contributed by atoms with Gasteiger partial charge in [-0.05, 0) is 48.4 Å². The number of hydrogen-bond donors (Lipinski definition) is 0. The second kappa shape index (κ2) is 5.98. The van der Waals surface area contributed by atoms with Crippen molar-refractivity contribution in [2.24, 2.45) is 7.05 Å². The molecule has 0 bridgehead atoms. The van der Waals surface area contributed by atoms with Crippen molar-refractivity contribution in [3.8, 4) is 11.1 Å². The molecular weight excluding hydrogens is 353 g/mol. The second-order valence-corrected chi connectivity index (χ2v) is 7.84. The van der Waals surface area contributed by atoms with Crippen LogP contribution >= 0.6 is 0 Å². The van der Waals surface area contributed by atoms with Crippen molar-refractivity contribution in [1.82, 2.24) is 0 Å². The van der Waals surface area contributed by atoms with Crippen LogP contribution in [0.25, 0.3) is 11.1 Å². The molecule has 0 unspecified atom stereocenters. The molecule has 2 aliphatic rings. The highest BCUT2D eigenvalue weighted by molar-refractivity contribution is 6.86. The minimum absolute atomic E-state index is 0.0887. The second-order valence-electron chi connectivity index (χ2n) is 7.84. The molecule has 0 spiro atoms. The van der Waals surface area contributed by atoms with Crippen LogP contribution in [0.3, 0.4) is 0 Å². The van der Waals surface area contributed by atoms with E-state index in [1.165, 1.54) is 45.0 Å². The summed E-state index contributed by atoms with van der Waals surface area (Å²) in [4.78, 5) is 5.01. The molecule has 0 saturated carbocycles. The van der Waals surface area contributed by atoms with Gasteiger partial charge < -0.3 is 4.81 Å². The van der Waals surface area contributed by atoms with Crippen molar-refractivity contribution < 1.29 is 4.57 Å². The van der Waals surface area contributed by atoms with Crippen LogP contribution in [-0.2, 0) is 7.05 Å². The number of hydrogen-bond acceptors (Lipinski definition) is 2. The highest BCUT2D eigenvalue weighted by atomic mass is 15.3. The van der Waals surface area contributed by atoms with Gasteiger partial charge in [-0.1, -0.05) is 54.6 Å². The summed E-state index contributed by atoms with van der Waals surface area (Å²) >= 11 is 0. The van der Waals surface area contributed by atoms with E-state index in [-0.39, 0.29) is 6.98 Å². The molecule has 0 aliphatic carbocycles. The molecule has 0 radical (unpaired) electrons. The number of anilines is 4. The smallest absolute Gasteiger partial charge is 0.336 e. The Morgan fingerprint density at radius 3 is 2.34 bits per heavy atom. The fourth-order valence-electron chi connectivity index (χ4n) is 4.97. The lowest BCUT2D eigenvalue weighted by atomic mass is 9.60. The van der Waals surface area contributed by atoms with Gasteiger partial charge in [0.15, 0.2) is 0 Å². The Labute approximate surface area is 171 Å². The molecule has 6 rings (SSSR count). The Morgan fingerprint density at radius 2 is 1.48 bits per heavy atom. The molecule has 3 nitrogen and oxygen atoms in total. The highest BCUT2D eigenvalue weighted by Gasteiger charge is 2.55. The van der Waals surface area contributed by atoms with Crippen LogP contribution < -0.4 is 19.7 Å². The summed E-state index contributed by atoms with van der Waals surface area (Å²) in [7, 11) is 2.15. The first-order valence-corrected chi connectivity index (χ1v) is 10.1. The number of nitrogens with zero attached hydrogens (tertiary/aromatic N) is 3. The number of aryl methyl sites for hydroxylation is 2. The molecule has 0 atom stereocenters. The third-order valence-electron chi connectivity index (χ3n) is 6.15. The van der Waals surface area contributed by atoms with Gasteiger partial charge in [-0.3, -0.25) is 4.81 Å². The van der Waals surface area contributed by atoms with E-state index >= 15 is 0 Å². The van der Waals surface area contributed by atoms with Crippen molar-refractivity contribution >= 4 is 35.3 Å². The molecule has 0 fully saturated rings. The van der Waals surface area contributed by atoms with Crippen molar-refractivity contribution in [3.63, 3.8) is 0 Å². The van der Waals surface area contributed by atoms with E-state index in [2.05, 4.69) is 119 Å². The zero-order chi connectivity index (χ0) is 19.5. The average molecular weight is 374 g/mol. The van der Waals surface area contributed by atoms with Crippen molar-refractivity contribution in [1.29, 1.82) is 0 Å². The standard InChI is InChI=1S/C25H21BN3/c1-18-10-8-16-23-24(18)29-25-21(14-9-17-27(25)2)20-13-6-7-15-22(20)26(29)28(23)19-11-4-3-5-12-19/h3-17H,1-2H3/q+1. The van der Waals surface area contributed by atoms with Crippen LogP contribution in [0.5, 0.6) is 0 Å². The quantitative estimate of drug-likeness (QED) is 0.359. The zero-order valence-corrected chi connectivity index (χ0v) is 16.6. The van der Waals surface area contributed by atoms with E-state index in [0.717, 1.165) is 0 Å². The predicted octanol–water partition coefficient (Wildman–Crippen LogP) is 4.49. The lowest BCUT2D eigenvalue weighted by Gasteiger charge is -2.30. The first-order valence-electron chi connectivity index (χ1n) is 10.1. The molecule has 3 aromatic carbocycles. The number of benzene rings is 3. The monoisotopic (exact) mass is 374 g/mol. The molecule has 3 heterocycles. The highest BCUT2D eigenvalue weighted by Crippen LogP contribution is 2.50. The van der Waals surface area contributed by atoms with Gasteiger partial charge in [0.25, 0.3) is 5.82 Å². The lowest BCUT2D eigenvalue weighted by molar-refractivity contribution is -0.657. The maximum Gasteiger partial charge on any atom is 0.543 e. The summed E-state index contributed by atoms with van der Waals surface area (Å²) in [5, 5.41) is 0. The number of rotatable bonds is 1. The first-order chi connectivity index (χ1) is 14.3. The number of aromatic nitrogens is 1. The van der Waals surface area contributed by atoms with E-state index in [1.54, 1.807) is 0 Å². The molecule has 0 saturated heterocycles. The fourth-order valence-corrected chi connectivity index (χ4v) is 4.97. The third-order valence-corrected chi connectivity index (χ3v) is 6.15. The van der Waals surface area contributed by atoms with Crippen LogP contribution in [-0.4, -0.2) is 6.98 Å². The first kappa shape index (κ1) is 16.4. The summed E-state index contributed by atoms with van der Waals surface area (Å²) < 4.78 is 2.25. The molecule has 29 heavy (non-hydrogen) atoms. The molecule has 1 aromatic heterocycles. The van der Waals surface area contributed by atoms with E-state index < -0.39 is 0 Å². The normalized spacial score (nSPS) is 13.7. The SMILES string of the molecule is Cc1cccc2c1N1B(c3ccccc3-c3ccc[n+](C)c31)N2c1ccccc1. The summed E-state index contributed by atoms with van der Waals surface area (Å²) in [6.45, 7) is 2.30. The van der Waals surface area contributed by atoms with Crippen LogP contribution in [0.2, 0.25) is 0 Å². The van der Waals surface area contributed by atoms with Crippen LogP contribution in [0.4, 0.5) is 22.9 Å². The minimum Gasteiger partial charge on any atom is -0.336 e. The van der Waals surface area contributed by atoms with E-state index in [4.69, 9.17) is 0 Å². The van der Waals surface area contributed by atoms with Gasteiger partial charge in [0.05, 0.1) is 24.5 Å². The maximum atomic E-state index is 2.52. The van der Waals surface area contributed by atoms with E-state index in [9.17, 15) is 0 Å². The molecule has 138 valence electrons. The van der Waals surface area contributed by atoms with Gasteiger partial charge in [0.2, 0.25) is 0 Å². The van der Waals surface area contributed by atoms with Crippen molar-refractivity contribution in [2.75, 3.05) is 9.62 Å². The number of pyridine rings is 1. The average Bonchev–Trinajstić information content (AvgIpc) is 3.11. The van der Waals surface area contributed by atoms with Crippen LogP contribution in [0, 0.1) is 6.92 Å². The summed E-state index contributed by atoms with van der Waals surface area (Å²) in [6.07, 6.45) is 2.15. The Hall–Kier alpha value is -3.53. The number of para-hydroxylation sites is 2.